The van der Waals surface area contributed by atoms with Gasteiger partial charge in [0.2, 0.25) is 0 Å². The zero-order valence-corrected chi connectivity index (χ0v) is 19.6. The van der Waals surface area contributed by atoms with Crippen LogP contribution >= 0.6 is 20.8 Å². The van der Waals surface area contributed by atoms with Crippen LogP contribution in [0.15, 0.2) is 70.9 Å². The average Bonchev–Trinajstić information content (AvgIpc) is 2.91. The van der Waals surface area contributed by atoms with Crippen LogP contribution in [0.1, 0.15) is 65.9 Å². The topological polar surface area (TPSA) is 0 Å². The Bertz CT molecular complexity index is 855. The van der Waals surface area contributed by atoms with E-state index in [1.165, 1.54) is 16.2 Å². The summed E-state index contributed by atoms with van der Waals surface area (Å²) in [5.74, 6) is -0.251. The Kier molecular flexibility index (Phi) is 8.10. The van der Waals surface area contributed by atoms with E-state index in [0.29, 0.717) is 19.7 Å². The Morgan fingerprint density at radius 1 is 1.21 bits per heavy atom. The maximum atomic E-state index is 14.6. The van der Waals surface area contributed by atoms with E-state index in [0.717, 1.165) is 36.1 Å². The van der Waals surface area contributed by atoms with Crippen LogP contribution in [-0.2, 0) is 5.41 Å². The number of rotatable bonds is 8. The number of benzene rings is 1. The molecule has 1 unspecified atom stereocenters. The van der Waals surface area contributed by atoms with E-state index < -0.39 is 0 Å². The van der Waals surface area contributed by atoms with Gasteiger partial charge in [-0.05, 0) is 59.6 Å². The van der Waals surface area contributed by atoms with Crippen molar-refractivity contribution in [3.05, 3.63) is 76.4 Å². The van der Waals surface area contributed by atoms with Gasteiger partial charge in [0, 0.05) is 10.3 Å². The molecule has 0 radical (unpaired) electrons. The molecule has 1 heterocycles. The summed E-state index contributed by atoms with van der Waals surface area (Å²) in [5, 5.41) is 2.77. The van der Waals surface area contributed by atoms with Crippen molar-refractivity contribution in [2.75, 3.05) is 0 Å². The molecular weight excluding hydrogens is 382 g/mol. The van der Waals surface area contributed by atoms with Gasteiger partial charge in [-0.2, -0.15) is 0 Å². The first-order chi connectivity index (χ1) is 13.2. The van der Waals surface area contributed by atoms with Gasteiger partial charge in [-0.1, -0.05) is 97.4 Å². The van der Waals surface area contributed by atoms with Gasteiger partial charge in [0.1, 0.15) is 5.83 Å². The van der Waals surface area contributed by atoms with Crippen molar-refractivity contribution >= 4 is 31.0 Å². The molecule has 0 saturated carbocycles. The van der Waals surface area contributed by atoms with Gasteiger partial charge in [0.15, 0.2) is 0 Å². The molecule has 150 valence electrons. The molecular formula is C25H32FPS. The number of halogens is 1. The van der Waals surface area contributed by atoms with E-state index in [4.69, 9.17) is 12.2 Å². The number of thiocarbonyl (C=S) groups is 1. The Labute approximate surface area is 177 Å². The first kappa shape index (κ1) is 22.9. The molecule has 1 aliphatic heterocycles. The predicted molar refractivity (Wildman–Crippen MR) is 129 cm³/mol. The largest absolute Gasteiger partial charge is 0.206 e. The Morgan fingerprint density at radius 2 is 1.89 bits per heavy atom. The van der Waals surface area contributed by atoms with Crippen LogP contribution in [0.25, 0.3) is 0 Å². The number of allylic oxidation sites excluding steroid dienone is 7. The van der Waals surface area contributed by atoms with Gasteiger partial charge in [0.05, 0.1) is 0 Å². The summed E-state index contributed by atoms with van der Waals surface area (Å²) in [5.41, 5.74) is 3.27. The highest BCUT2D eigenvalue weighted by atomic mass is 32.1. The molecule has 0 aliphatic carbocycles. The van der Waals surface area contributed by atoms with E-state index in [1.807, 2.05) is 13.0 Å². The monoisotopic (exact) mass is 414 g/mol. The van der Waals surface area contributed by atoms with Crippen LogP contribution in [0.2, 0.25) is 0 Å². The minimum Gasteiger partial charge on any atom is -0.206 e. The average molecular weight is 415 g/mol. The summed E-state index contributed by atoms with van der Waals surface area (Å²) >= 11 is 5.71. The maximum absolute atomic E-state index is 14.6. The maximum Gasteiger partial charge on any atom is 0.129 e. The number of fused-ring (bicyclic) bond motifs is 1. The van der Waals surface area contributed by atoms with Crippen molar-refractivity contribution < 1.29 is 4.39 Å². The van der Waals surface area contributed by atoms with E-state index >= 15 is 0 Å². The highest BCUT2D eigenvalue weighted by molar-refractivity contribution is 7.80. The van der Waals surface area contributed by atoms with Crippen molar-refractivity contribution in [3.8, 4) is 0 Å². The first-order valence-electron chi connectivity index (χ1n) is 10.0. The zero-order chi connectivity index (χ0) is 20.9. The van der Waals surface area contributed by atoms with Crippen LogP contribution in [0, 0.1) is 0 Å². The standard InChI is InChI=1S/C25H32FPS/c1-7-8-9-14-22(28)19(18(4)24(26)17(2)3)15-16-23-25(5,6)20-12-10-11-13-21(20)27-23/h10-13,15-16,27H,2,7-9,14H2,1,3-6H3/b19-15+,23-16+,24-18+. The second-order valence-electron chi connectivity index (χ2n) is 8.06. The lowest BCUT2D eigenvalue weighted by atomic mass is 9.84. The Hall–Kier alpha value is -1.37. The van der Waals surface area contributed by atoms with Crippen LogP contribution in [0.3, 0.4) is 0 Å². The van der Waals surface area contributed by atoms with Gasteiger partial charge >= 0.3 is 0 Å². The van der Waals surface area contributed by atoms with E-state index in [9.17, 15) is 4.39 Å². The smallest absolute Gasteiger partial charge is 0.129 e. The minimum atomic E-state index is -0.251. The van der Waals surface area contributed by atoms with E-state index in [-0.39, 0.29) is 11.2 Å². The van der Waals surface area contributed by atoms with Gasteiger partial charge in [-0.25, -0.2) is 4.39 Å². The van der Waals surface area contributed by atoms with E-state index in [2.05, 4.69) is 57.7 Å². The SMILES string of the molecule is C=C(C)\C(F)=C(C)/C(=C\C=C1\Pc2ccccc2C1(C)C)C(=S)CCCCC. The molecule has 0 nitrogen and oxygen atoms in total. The van der Waals surface area contributed by atoms with Crippen LogP contribution in [0.4, 0.5) is 4.39 Å². The summed E-state index contributed by atoms with van der Waals surface area (Å²) in [6, 6.07) is 8.63. The number of unbranched alkanes of at least 4 members (excludes halogenated alkanes) is 2. The lowest BCUT2D eigenvalue weighted by Crippen LogP contribution is -2.16. The van der Waals surface area contributed by atoms with Crippen molar-refractivity contribution in [1.29, 1.82) is 0 Å². The van der Waals surface area contributed by atoms with Gasteiger partial charge in [-0.3, -0.25) is 0 Å². The van der Waals surface area contributed by atoms with Crippen LogP contribution in [0.5, 0.6) is 0 Å². The molecule has 3 heteroatoms. The highest BCUT2D eigenvalue weighted by Crippen LogP contribution is 2.48. The molecule has 0 aromatic heterocycles. The molecule has 0 bridgehead atoms. The lowest BCUT2D eigenvalue weighted by Gasteiger charge is -2.21. The van der Waals surface area contributed by atoms with Crippen molar-refractivity contribution in [2.24, 2.45) is 0 Å². The number of hydrogen-bond acceptors (Lipinski definition) is 1. The summed E-state index contributed by atoms with van der Waals surface area (Å²) in [4.78, 5) is 0.843. The molecule has 1 aliphatic rings. The Balaban J connectivity index is 2.42. The van der Waals surface area contributed by atoms with Gasteiger partial charge in [0.25, 0.3) is 0 Å². The normalized spacial score (nSPS) is 18.9. The molecule has 0 N–H and O–H groups in total. The fourth-order valence-electron chi connectivity index (χ4n) is 3.54. The van der Waals surface area contributed by atoms with Gasteiger partial charge < -0.3 is 0 Å². The third-order valence-corrected chi connectivity index (χ3v) is 7.57. The molecule has 1 atom stereocenters. The third-order valence-electron chi connectivity index (χ3n) is 5.38. The summed E-state index contributed by atoms with van der Waals surface area (Å²) < 4.78 is 14.6. The molecule has 2 rings (SSSR count). The molecule has 0 saturated heterocycles. The first-order valence-corrected chi connectivity index (χ1v) is 11.5. The fourth-order valence-corrected chi connectivity index (χ4v) is 5.52. The second-order valence-corrected chi connectivity index (χ2v) is 9.88. The van der Waals surface area contributed by atoms with Crippen molar-refractivity contribution in [3.63, 3.8) is 0 Å². The van der Waals surface area contributed by atoms with Crippen LogP contribution < -0.4 is 5.30 Å². The molecule has 0 spiro atoms. The summed E-state index contributed by atoms with van der Waals surface area (Å²) in [6.07, 6.45) is 8.38. The minimum absolute atomic E-state index is 0.00893. The number of hydrogen-bond donors (Lipinski definition) is 0. The van der Waals surface area contributed by atoms with Crippen LogP contribution in [-0.4, -0.2) is 4.86 Å². The second kappa shape index (κ2) is 9.90. The molecule has 0 amide bonds. The summed E-state index contributed by atoms with van der Waals surface area (Å²) in [7, 11) is 0.646. The zero-order valence-electron chi connectivity index (χ0n) is 17.8. The highest BCUT2D eigenvalue weighted by Gasteiger charge is 2.33. The lowest BCUT2D eigenvalue weighted by molar-refractivity contribution is 0.642. The molecule has 28 heavy (non-hydrogen) atoms. The Morgan fingerprint density at radius 3 is 2.50 bits per heavy atom. The summed E-state index contributed by atoms with van der Waals surface area (Å²) in [6.45, 7) is 14.0. The molecule has 0 fully saturated rings. The van der Waals surface area contributed by atoms with Crippen molar-refractivity contribution in [2.45, 2.75) is 65.7 Å². The third kappa shape index (κ3) is 5.16. The van der Waals surface area contributed by atoms with Gasteiger partial charge in [-0.15, -0.1) is 0 Å². The fraction of sp³-hybridized carbons (Fsp3) is 0.400. The molecule has 1 aromatic rings. The predicted octanol–water partition coefficient (Wildman–Crippen LogP) is 7.86. The quantitative estimate of drug-likeness (QED) is 0.137. The van der Waals surface area contributed by atoms with Crippen molar-refractivity contribution in [1.82, 2.24) is 0 Å². The molecule has 1 aromatic carbocycles. The van der Waals surface area contributed by atoms with E-state index in [1.54, 1.807) is 6.92 Å².